The van der Waals surface area contributed by atoms with Gasteiger partial charge in [0.05, 0.1) is 4.90 Å². The number of rotatable bonds is 7. The van der Waals surface area contributed by atoms with E-state index in [1.807, 2.05) is 0 Å². The van der Waals surface area contributed by atoms with Crippen LogP contribution in [0.4, 0.5) is 0 Å². The number of hydrogen-bond acceptors (Lipinski definition) is 3. The van der Waals surface area contributed by atoms with Gasteiger partial charge in [-0.3, -0.25) is 0 Å². The van der Waals surface area contributed by atoms with Gasteiger partial charge in [-0.1, -0.05) is 24.6 Å². The van der Waals surface area contributed by atoms with Gasteiger partial charge in [-0.05, 0) is 37.6 Å². The first-order valence-electron chi connectivity index (χ1n) is 5.94. The highest BCUT2D eigenvalue weighted by Crippen LogP contribution is 2.19. The molecule has 1 aromatic rings. The Bertz CT molecular complexity index is 489. The SMILES string of the molecule is CCCNCCNS(=O)(=O)c1cc(Cl)ccc1C. The van der Waals surface area contributed by atoms with E-state index in [1.54, 1.807) is 19.1 Å². The highest BCUT2D eigenvalue weighted by atomic mass is 35.5. The summed E-state index contributed by atoms with van der Waals surface area (Å²) in [6, 6.07) is 4.85. The van der Waals surface area contributed by atoms with Crippen LogP contribution in [0, 0.1) is 6.92 Å². The number of sulfonamides is 1. The van der Waals surface area contributed by atoms with Gasteiger partial charge in [-0.2, -0.15) is 0 Å². The van der Waals surface area contributed by atoms with Gasteiger partial charge in [0.1, 0.15) is 0 Å². The lowest BCUT2D eigenvalue weighted by molar-refractivity contribution is 0.575. The normalized spacial score (nSPS) is 11.7. The lowest BCUT2D eigenvalue weighted by Gasteiger charge is -2.10. The molecule has 0 aliphatic carbocycles. The lowest BCUT2D eigenvalue weighted by atomic mass is 10.2. The van der Waals surface area contributed by atoms with E-state index in [-0.39, 0.29) is 4.90 Å². The molecule has 1 rings (SSSR count). The van der Waals surface area contributed by atoms with Crippen LogP contribution in [0.2, 0.25) is 5.02 Å². The third-order valence-corrected chi connectivity index (χ3v) is 4.30. The number of benzene rings is 1. The molecule has 0 amide bonds. The van der Waals surface area contributed by atoms with Gasteiger partial charge < -0.3 is 5.32 Å². The second-order valence-electron chi connectivity index (χ2n) is 4.06. The van der Waals surface area contributed by atoms with Crippen LogP contribution in [0.1, 0.15) is 18.9 Å². The van der Waals surface area contributed by atoms with Crippen LogP contribution in [0.15, 0.2) is 23.1 Å². The molecular formula is C12H19ClN2O2S. The average molecular weight is 291 g/mol. The molecule has 102 valence electrons. The Morgan fingerprint density at radius 1 is 1.22 bits per heavy atom. The summed E-state index contributed by atoms with van der Waals surface area (Å²) in [7, 11) is -3.48. The van der Waals surface area contributed by atoms with Crippen molar-refractivity contribution in [1.82, 2.24) is 10.0 Å². The van der Waals surface area contributed by atoms with Gasteiger partial charge >= 0.3 is 0 Å². The minimum absolute atomic E-state index is 0.241. The molecule has 0 saturated heterocycles. The summed E-state index contributed by atoms with van der Waals surface area (Å²) in [5.74, 6) is 0. The number of hydrogen-bond donors (Lipinski definition) is 2. The van der Waals surface area contributed by atoms with E-state index in [9.17, 15) is 8.42 Å². The Kier molecular flexibility index (Phi) is 6.08. The molecule has 0 aliphatic rings. The van der Waals surface area contributed by atoms with Crippen LogP contribution in [0.5, 0.6) is 0 Å². The Morgan fingerprint density at radius 2 is 1.94 bits per heavy atom. The third kappa shape index (κ3) is 4.57. The molecule has 0 aliphatic heterocycles. The molecule has 4 nitrogen and oxygen atoms in total. The second-order valence-corrected chi connectivity index (χ2v) is 6.23. The molecule has 0 heterocycles. The van der Waals surface area contributed by atoms with Crippen LogP contribution in [0.3, 0.4) is 0 Å². The molecule has 1 aromatic carbocycles. The predicted octanol–water partition coefficient (Wildman–Crippen LogP) is 1.93. The van der Waals surface area contributed by atoms with Crippen molar-refractivity contribution in [3.8, 4) is 0 Å². The van der Waals surface area contributed by atoms with Gasteiger partial charge in [-0.25, -0.2) is 13.1 Å². The molecular weight excluding hydrogens is 272 g/mol. The summed E-state index contributed by atoms with van der Waals surface area (Å²) in [5.41, 5.74) is 0.688. The molecule has 0 aromatic heterocycles. The van der Waals surface area contributed by atoms with Crippen LogP contribution in [-0.4, -0.2) is 28.1 Å². The fourth-order valence-electron chi connectivity index (χ4n) is 1.52. The topological polar surface area (TPSA) is 58.2 Å². The molecule has 0 fully saturated rings. The first-order valence-corrected chi connectivity index (χ1v) is 7.80. The molecule has 0 spiro atoms. The van der Waals surface area contributed by atoms with E-state index < -0.39 is 10.0 Å². The maximum atomic E-state index is 12.0. The van der Waals surface area contributed by atoms with Gasteiger partial charge in [0.25, 0.3) is 0 Å². The van der Waals surface area contributed by atoms with Crippen molar-refractivity contribution in [2.45, 2.75) is 25.2 Å². The molecule has 0 bridgehead atoms. The zero-order valence-electron chi connectivity index (χ0n) is 10.7. The Labute approximate surface area is 114 Å². The second kappa shape index (κ2) is 7.09. The Hall–Kier alpha value is -0.620. The lowest BCUT2D eigenvalue weighted by Crippen LogP contribution is -2.32. The Balaban J connectivity index is 2.66. The highest BCUT2D eigenvalue weighted by molar-refractivity contribution is 7.89. The minimum atomic E-state index is -3.48. The third-order valence-electron chi connectivity index (χ3n) is 2.46. The van der Waals surface area contributed by atoms with E-state index in [0.717, 1.165) is 13.0 Å². The quantitative estimate of drug-likeness (QED) is 0.755. The van der Waals surface area contributed by atoms with Crippen LogP contribution >= 0.6 is 11.6 Å². The van der Waals surface area contributed by atoms with Gasteiger partial charge in [0.15, 0.2) is 0 Å². The van der Waals surface area contributed by atoms with Gasteiger partial charge in [0.2, 0.25) is 10.0 Å². The first-order chi connectivity index (χ1) is 8.47. The van der Waals surface area contributed by atoms with E-state index in [4.69, 9.17) is 11.6 Å². The summed E-state index contributed by atoms with van der Waals surface area (Å²) in [6.07, 6.45) is 1.03. The average Bonchev–Trinajstić information content (AvgIpc) is 2.32. The first kappa shape index (κ1) is 15.4. The van der Waals surface area contributed by atoms with Gasteiger partial charge in [0, 0.05) is 18.1 Å². The fourth-order valence-corrected chi connectivity index (χ4v) is 3.05. The summed E-state index contributed by atoms with van der Waals surface area (Å²) in [5, 5.41) is 3.55. The number of halogens is 1. The molecule has 0 radical (unpaired) electrons. The van der Waals surface area contributed by atoms with Crippen LogP contribution < -0.4 is 10.0 Å². The van der Waals surface area contributed by atoms with Crippen LogP contribution in [0.25, 0.3) is 0 Å². The standard InChI is InChI=1S/C12H19ClN2O2S/c1-3-6-14-7-8-15-18(16,17)12-9-11(13)5-4-10(12)2/h4-5,9,14-15H,3,6-8H2,1-2H3. The summed E-state index contributed by atoms with van der Waals surface area (Å²) in [6.45, 7) is 5.69. The van der Waals surface area contributed by atoms with E-state index in [0.29, 0.717) is 23.7 Å². The van der Waals surface area contributed by atoms with Crippen molar-refractivity contribution in [3.63, 3.8) is 0 Å². The number of aryl methyl sites for hydroxylation is 1. The molecule has 2 N–H and O–H groups in total. The van der Waals surface area contributed by atoms with Crippen molar-refractivity contribution < 1.29 is 8.42 Å². The monoisotopic (exact) mass is 290 g/mol. The Morgan fingerprint density at radius 3 is 2.61 bits per heavy atom. The number of nitrogens with one attached hydrogen (secondary N) is 2. The zero-order chi connectivity index (χ0) is 13.6. The van der Waals surface area contributed by atoms with E-state index in [1.165, 1.54) is 6.07 Å². The molecule has 0 saturated carbocycles. The molecule has 18 heavy (non-hydrogen) atoms. The van der Waals surface area contributed by atoms with Crippen molar-refractivity contribution >= 4 is 21.6 Å². The fraction of sp³-hybridized carbons (Fsp3) is 0.500. The highest BCUT2D eigenvalue weighted by Gasteiger charge is 2.16. The van der Waals surface area contributed by atoms with E-state index in [2.05, 4.69) is 17.0 Å². The smallest absolute Gasteiger partial charge is 0.240 e. The predicted molar refractivity (Wildman–Crippen MR) is 74.5 cm³/mol. The summed E-state index contributed by atoms with van der Waals surface area (Å²) >= 11 is 5.82. The van der Waals surface area contributed by atoms with Crippen molar-refractivity contribution in [2.75, 3.05) is 19.6 Å². The van der Waals surface area contributed by atoms with Crippen molar-refractivity contribution in [2.24, 2.45) is 0 Å². The molecule has 0 atom stereocenters. The van der Waals surface area contributed by atoms with Crippen molar-refractivity contribution in [1.29, 1.82) is 0 Å². The van der Waals surface area contributed by atoms with Crippen molar-refractivity contribution in [3.05, 3.63) is 28.8 Å². The largest absolute Gasteiger partial charge is 0.315 e. The molecule has 6 heteroatoms. The minimum Gasteiger partial charge on any atom is -0.315 e. The summed E-state index contributed by atoms with van der Waals surface area (Å²) < 4.78 is 26.6. The summed E-state index contributed by atoms with van der Waals surface area (Å²) in [4.78, 5) is 0.241. The maximum absolute atomic E-state index is 12.0. The van der Waals surface area contributed by atoms with Crippen LogP contribution in [-0.2, 0) is 10.0 Å². The molecule has 0 unspecified atom stereocenters. The van der Waals surface area contributed by atoms with E-state index >= 15 is 0 Å². The van der Waals surface area contributed by atoms with Gasteiger partial charge in [-0.15, -0.1) is 0 Å². The maximum Gasteiger partial charge on any atom is 0.240 e. The zero-order valence-corrected chi connectivity index (χ0v) is 12.2.